The molecule has 3 N–H and O–H groups in total. The lowest BCUT2D eigenvalue weighted by atomic mass is 9.89. The summed E-state index contributed by atoms with van der Waals surface area (Å²) in [5.41, 5.74) is 6.13. The Kier molecular flexibility index (Phi) is 12.3. The standard InChI is InChI=1S/C48H46ClN5O7/c1-28-38(39-26-34(60-6)16-20-41(39)54(28)47(57)29-9-12-31(49)13-10-29)27-44(55)50-21-7-8-22-51-46(56)30-11-17-35(48(58)59)40(23-30)45-36-18-14-32(52(2)3)24-42(36)61-43-25-33(53(4)5)15-19-37(43)45/h9-20,23-26H,7-8,21-22,27H2,1-6H3,(H2-,50,51,55,56,58,59)/p+1. The van der Waals surface area contributed by atoms with E-state index in [-0.39, 0.29) is 29.7 Å². The minimum atomic E-state index is -1.12. The third-order valence-corrected chi connectivity index (χ3v) is 11.1. The molecule has 312 valence electrons. The molecule has 0 saturated carbocycles. The Morgan fingerprint density at radius 2 is 1.54 bits per heavy atom. The number of halogens is 1. The molecule has 4 aromatic carbocycles. The summed E-state index contributed by atoms with van der Waals surface area (Å²) in [6, 6.07) is 28.3. The molecule has 0 unspecified atom stereocenters. The maximum Gasteiger partial charge on any atom is 0.336 e. The second kappa shape index (κ2) is 17.7. The Hall–Kier alpha value is -6.92. The predicted molar refractivity (Wildman–Crippen MR) is 239 cm³/mol. The quantitative estimate of drug-likeness (QED) is 0.0616. The number of benzene rings is 5. The molecule has 0 saturated heterocycles. The molecule has 0 atom stereocenters. The number of aromatic carboxylic acids is 1. The average Bonchev–Trinajstić information content (AvgIpc) is 3.52. The smallest absolute Gasteiger partial charge is 0.336 e. The van der Waals surface area contributed by atoms with Gasteiger partial charge < -0.3 is 29.8 Å². The number of rotatable bonds is 13. The molecule has 5 aromatic rings. The summed E-state index contributed by atoms with van der Waals surface area (Å²) in [5, 5.41) is 19.2. The van der Waals surface area contributed by atoms with Crippen LogP contribution in [0.3, 0.4) is 0 Å². The first kappa shape index (κ1) is 42.2. The molecule has 2 aliphatic rings. The van der Waals surface area contributed by atoms with Crippen molar-refractivity contribution in [3.05, 3.63) is 135 Å². The predicted octanol–water partition coefficient (Wildman–Crippen LogP) is 7.48. The highest BCUT2D eigenvalue weighted by atomic mass is 35.5. The Labute approximate surface area is 358 Å². The number of carboxylic acid groups (broad SMARTS) is 1. The van der Waals surface area contributed by atoms with Crippen LogP contribution in [0.25, 0.3) is 44.3 Å². The SMILES string of the molecule is COc1ccc2c(c1)c(CC(=O)NCCCCNC(=O)c1ccc(C(=O)O)c(-c3c4ccc(=[N+](C)C)cc-4oc4cc(N(C)C)ccc34)c1)c(C)n2C(=O)c1ccc(Cl)cc1. The molecule has 0 fully saturated rings. The number of carbonyl (C=O) groups is 4. The first-order valence-corrected chi connectivity index (χ1v) is 20.2. The van der Waals surface area contributed by atoms with Crippen LogP contribution in [0.4, 0.5) is 5.69 Å². The number of carboxylic acids is 1. The molecule has 0 radical (unpaired) electrons. The Morgan fingerprint density at radius 1 is 0.820 bits per heavy atom. The van der Waals surface area contributed by atoms with Crippen LogP contribution in [0.2, 0.25) is 5.02 Å². The van der Waals surface area contributed by atoms with E-state index >= 15 is 0 Å². The zero-order chi connectivity index (χ0) is 43.5. The Balaban J connectivity index is 1.04. The van der Waals surface area contributed by atoms with Crippen molar-refractivity contribution in [3.63, 3.8) is 0 Å². The van der Waals surface area contributed by atoms with Gasteiger partial charge in [0.2, 0.25) is 11.3 Å². The van der Waals surface area contributed by atoms with E-state index in [1.54, 1.807) is 48.1 Å². The van der Waals surface area contributed by atoms with Crippen LogP contribution in [0.5, 0.6) is 5.75 Å². The van der Waals surface area contributed by atoms with Gasteiger partial charge in [-0.2, -0.15) is 0 Å². The van der Waals surface area contributed by atoms with Gasteiger partial charge in [0.15, 0.2) is 0 Å². The first-order chi connectivity index (χ1) is 29.2. The molecule has 1 aliphatic carbocycles. The number of hydrogen-bond donors (Lipinski definition) is 3. The second-order valence-electron chi connectivity index (χ2n) is 15.3. The Bertz CT molecular complexity index is 2890. The second-order valence-corrected chi connectivity index (χ2v) is 15.7. The number of fused-ring (bicyclic) bond motifs is 3. The van der Waals surface area contributed by atoms with Gasteiger partial charge in [0.05, 0.1) is 30.7 Å². The summed E-state index contributed by atoms with van der Waals surface area (Å²) < 4.78 is 15.5. The molecule has 0 bridgehead atoms. The summed E-state index contributed by atoms with van der Waals surface area (Å²) in [6.07, 6.45) is 1.22. The number of amides is 2. The molecule has 1 aliphatic heterocycles. The van der Waals surface area contributed by atoms with Crippen LogP contribution in [-0.2, 0) is 11.2 Å². The molecule has 2 heterocycles. The van der Waals surface area contributed by atoms with Crippen LogP contribution in [0.15, 0.2) is 101 Å². The monoisotopic (exact) mass is 840 g/mol. The van der Waals surface area contributed by atoms with Crippen molar-refractivity contribution in [2.45, 2.75) is 26.2 Å². The fourth-order valence-electron chi connectivity index (χ4n) is 7.59. The number of carbonyl (C=O) groups excluding carboxylic acids is 3. The number of unbranched alkanes of at least 4 members (excludes halogenated alkanes) is 1. The van der Waals surface area contributed by atoms with Gasteiger partial charge in [-0.25, -0.2) is 9.37 Å². The lowest BCUT2D eigenvalue weighted by molar-refractivity contribution is -0.120. The van der Waals surface area contributed by atoms with E-state index in [0.717, 1.165) is 22.0 Å². The average molecular weight is 841 g/mol. The molecule has 7 rings (SSSR count). The van der Waals surface area contributed by atoms with Gasteiger partial charge in [-0.15, -0.1) is 0 Å². The van der Waals surface area contributed by atoms with Crippen molar-refractivity contribution in [1.29, 1.82) is 0 Å². The first-order valence-electron chi connectivity index (χ1n) is 19.8. The van der Waals surface area contributed by atoms with Crippen LogP contribution in [-0.4, -0.2) is 81.8 Å². The van der Waals surface area contributed by atoms with E-state index < -0.39 is 5.97 Å². The minimum Gasteiger partial charge on any atom is -0.497 e. The summed E-state index contributed by atoms with van der Waals surface area (Å²) in [4.78, 5) is 55.1. The van der Waals surface area contributed by atoms with E-state index in [1.807, 2.05) is 93.1 Å². The lowest BCUT2D eigenvalue weighted by Gasteiger charge is -2.19. The van der Waals surface area contributed by atoms with E-state index in [4.69, 9.17) is 20.8 Å². The summed E-state index contributed by atoms with van der Waals surface area (Å²) in [6.45, 7) is 2.53. The fourth-order valence-corrected chi connectivity index (χ4v) is 7.72. The van der Waals surface area contributed by atoms with Gasteiger partial charge in [-0.3, -0.25) is 19.0 Å². The van der Waals surface area contributed by atoms with Gasteiger partial charge in [-0.05, 0) is 110 Å². The number of aromatic nitrogens is 1. The summed E-state index contributed by atoms with van der Waals surface area (Å²) >= 11 is 6.06. The topological polar surface area (TPSA) is 146 Å². The zero-order valence-electron chi connectivity index (χ0n) is 34.9. The van der Waals surface area contributed by atoms with Crippen molar-refractivity contribution >= 4 is 62.9 Å². The molecule has 2 amide bonds. The molecule has 61 heavy (non-hydrogen) atoms. The number of methoxy groups -OCH3 is 1. The highest BCUT2D eigenvalue weighted by molar-refractivity contribution is 6.30. The molecule has 0 spiro atoms. The van der Waals surface area contributed by atoms with E-state index in [1.165, 1.54) is 12.1 Å². The van der Waals surface area contributed by atoms with Gasteiger partial charge in [0.1, 0.15) is 31.2 Å². The number of nitrogens with one attached hydrogen (secondary N) is 2. The largest absolute Gasteiger partial charge is 0.497 e. The maximum atomic E-state index is 13.7. The summed E-state index contributed by atoms with van der Waals surface area (Å²) in [5.74, 6) is -0.720. The number of hydrogen-bond acceptors (Lipinski definition) is 7. The number of nitrogens with zero attached hydrogens (tertiary/aromatic N) is 3. The molecule has 12 nitrogen and oxygen atoms in total. The van der Waals surface area contributed by atoms with Crippen LogP contribution >= 0.6 is 11.6 Å². The molecular formula is C48H47ClN5O7+. The lowest BCUT2D eigenvalue weighted by Crippen LogP contribution is -2.28. The van der Waals surface area contributed by atoms with E-state index in [0.29, 0.717) is 92.5 Å². The van der Waals surface area contributed by atoms with Crippen molar-refractivity contribution in [2.75, 3.05) is 53.3 Å². The van der Waals surface area contributed by atoms with E-state index in [2.05, 4.69) is 10.6 Å². The highest BCUT2D eigenvalue weighted by Crippen LogP contribution is 2.42. The fraction of sp³-hybridized carbons (Fsp3) is 0.229. The normalized spacial score (nSPS) is 11.2. The van der Waals surface area contributed by atoms with Crippen LogP contribution in [0.1, 0.15) is 55.2 Å². The van der Waals surface area contributed by atoms with Crippen molar-refractivity contribution in [1.82, 2.24) is 19.8 Å². The van der Waals surface area contributed by atoms with Gasteiger partial charge in [0, 0.05) is 88.7 Å². The Morgan fingerprint density at radius 3 is 2.23 bits per heavy atom. The molecule has 1 aromatic heterocycles. The van der Waals surface area contributed by atoms with E-state index in [9.17, 15) is 24.3 Å². The van der Waals surface area contributed by atoms with Crippen LogP contribution in [0, 0.1) is 6.92 Å². The molecule has 13 heteroatoms. The molecular weight excluding hydrogens is 794 g/mol. The van der Waals surface area contributed by atoms with Gasteiger partial charge in [-0.1, -0.05) is 11.6 Å². The zero-order valence-corrected chi connectivity index (χ0v) is 35.6. The number of ether oxygens (including phenoxy) is 1. The summed E-state index contributed by atoms with van der Waals surface area (Å²) in [7, 11) is 9.31. The number of anilines is 1. The van der Waals surface area contributed by atoms with Crippen molar-refractivity contribution < 1.29 is 33.4 Å². The van der Waals surface area contributed by atoms with Crippen molar-refractivity contribution in [3.8, 4) is 28.2 Å². The maximum absolute atomic E-state index is 13.7. The van der Waals surface area contributed by atoms with Gasteiger partial charge >= 0.3 is 5.97 Å². The third kappa shape index (κ3) is 8.71. The highest BCUT2D eigenvalue weighted by Gasteiger charge is 2.25. The third-order valence-electron chi connectivity index (χ3n) is 10.9. The van der Waals surface area contributed by atoms with Gasteiger partial charge in [0.25, 0.3) is 11.8 Å². The minimum absolute atomic E-state index is 0.0511. The van der Waals surface area contributed by atoms with Crippen LogP contribution < -0.4 is 30.2 Å². The van der Waals surface area contributed by atoms with Crippen molar-refractivity contribution in [2.24, 2.45) is 0 Å².